The summed E-state index contributed by atoms with van der Waals surface area (Å²) in [5, 5.41) is 2.88. The quantitative estimate of drug-likeness (QED) is 0.511. The van der Waals surface area contributed by atoms with Gasteiger partial charge in [-0.25, -0.2) is 4.79 Å². The van der Waals surface area contributed by atoms with Crippen molar-refractivity contribution in [3.63, 3.8) is 0 Å². The summed E-state index contributed by atoms with van der Waals surface area (Å²) < 4.78 is 16.4. The fraction of sp³-hybridized carbons (Fsp3) is 0.652. The van der Waals surface area contributed by atoms with Crippen LogP contribution in [0.3, 0.4) is 0 Å². The Bertz CT molecular complexity index is 928. The largest absolute Gasteiger partial charge is 0.460 e. The maximum atomic E-state index is 12.5. The Labute approximate surface area is 194 Å². The zero-order valence-electron chi connectivity index (χ0n) is 20.1. The van der Waals surface area contributed by atoms with Crippen LogP contribution in [0.2, 0.25) is 0 Å². The number of nitrogens with two attached hydrogens (primary N) is 1. The van der Waals surface area contributed by atoms with Crippen molar-refractivity contribution in [2.75, 3.05) is 23.7 Å². The van der Waals surface area contributed by atoms with Crippen molar-refractivity contribution in [2.24, 2.45) is 5.92 Å². The van der Waals surface area contributed by atoms with E-state index >= 15 is 0 Å². The van der Waals surface area contributed by atoms with Crippen LogP contribution in [0.5, 0.6) is 0 Å². The van der Waals surface area contributed by atoms with Crippen LogP contribution in [0.4, 0.5) is 16.2 Å². The van der Waals surface area contributed by atoms with Crippen molar-refractivity contribution in [1.29, 1.82) is 0 Å². The zero-order valence-corrected chi connectivity index (χ0v) is 20.1. The fourth-order valence-corrected chi connectivity index (χ4v) is 4.62. The Hall–Kier alpha value is -3.04. The van der Waals surface area contributed by atoms with E-state index in [0.717, 1.165) is 11.3 Å². The molecule has 4 atom stereocenters. The lowest BCUT2D eigenvalue weighted by Crippen LogP contribution is -2.60. The first-order chi connectivity index (χ1) is 15.4. The highest BCUT2D eigenvalue weighted by Gasteiger charge is 2.41. The number of pyridine rings is 1. The number of fused-ring (bicyclic) bond motifs is 1. The SMILES string of the molecule is CC(=O)OC1CCc2c1ncc(N)c2N1CC(C)C(OC(C)=O)C(NC(=O)OC(C)(C)C)C1. The van der Waals surface area contributed by atoms with Crippen LogP contribution in [-0.2, 0) is 30.2 Å². The first kappa shape index (κ1) is 24.6. The maximum absolute atomic E-state index is 12.5. The highest BCUT2D eigenvalue weighted by Crippen LogP contribution is 2.42. The van der Waals surface area contributed by atoms with Gasteiger partial charge in [-0.05, 0) is 33.6 Å². The molecule has 33 heavy (non-hydrogen) atoms. The van der Waals surface area contributed by atoms with Crippen molar-refractivity contribution in [1.82, 2.24) is 10.3 Å². The summed E-state index contributed by atoms with van der Waals surface area (Å²) in [6.07, 6.45) is 1.39. The van der Waals surface area contributed by atoms with E-state index in [-0.39, 0.29) is 11.9 Å². The number of nitrogen functional groups attached to an aromatic ring is 1. The molecule has 1 saturated heterocycles. The summed E-state index contributed by atoms with van der Waals surface area (Å²) in [6.45, 7) is 11.0. The minimum atomic E-state index is -0.664. The summed E-state index contributed by atoms with van der Waals surface area (Å²) >= 11 is 0. The number of hydrogen-bond donors (Lipinski definition) is 2. The number of anilines is 2. The number of rotatable bonds is 4. The molecule has 0 radical (unpaired) electrons. The van der Waals surface area contributed by atoms with Crippen molar-refractivity contribution >= 4 is 29.4 Å². The van der Waals surface area contributed by atoms with Crippen molar-refractivity contribution in [3.8, 4) is 0 Å². The number of nitrogens with zero attached hydrogens (tertiary/aromatic N) is 2. The molecule has 0 aromatic carbocycles. The number of piperidine rings is 1. The van der Waals surface area contributed by atoms with Gasteiger partial charge in [0.05, 0.1) is 29.3 Å². The Morgan fingerprint density at radius 1 is 1.15 bits per heavy atom. The number of alkyl carbamates (subject to hydrolysis) is 1. The Morgan fingerprint density at radius 2 is 1.82 bits per heavy atom. The molecule has 2 aliphatic rings. The van der Waals surface area contributed by atoms with E-state index in [9.17, 15) is 14.4 Å². The van der Waals surface area contributed by atoms with E-state index in [1.54, 1.807) is 27.0 Å². The van der Waals surface area contributed by atoms with Crippen LogP contribution in [0, 0.1) is 5.92 Å². The number of aromatic nitrogens is 1. The maximum Gasteiger partial charge on any atom is 0.408 e. The van der Waals surface area contributed by atoms with Crippen molar-refractivity contribution in [2.45, 2.75) is 78.2 Å². The summed E-state index contributed by atoms with van der Waals surface area (Å²) in [5.74, 6) is -0.869. The highest BCUT2D eigenvalue weighted by atomic mass is 16.6. The molecule has 3 N–H and O–H groups in total. The van der Waals surface area contributed by atoms with Gasteiger partial charge in [-0.15, -0.1) is 0 Å². The molecule has 1 amide bonds. The van der Waals surface area contributed by atoms with Gasteiger partial charge >= 0.3 is 18.0 Å². The normalized spacial score (nSPS) is 24.6. The van der Waals surface area contributed by atoms with E-state index < -0.39 is 35.9 Å². The summed E-state index contributed by atoms with van der Waals surface area (Å²) in [4.78, 5) is 42.3. The first-order valence-corrected chi connectivity index (χ1v) is 11.2. The van der Waals surface area contributed by atoms with Crippen LogP contribution in [0.25, 0.3) is 0 Å². The van der Waals surface area contributed by atoms with Gasteiger partial charge in [0.15, 0.2) is 0 Å². The molecule has 0 spiro atoms. The molecule has 1 aliphatic heterocycles. The lowest BCUT2D eigenvalue weighted by atomic mass is 9.91. The molecule has 1 aliphatic carbocycles. The number of carbonyl (C=O) groups excluding carboxylic acids is 3. The summed E-state index contributed by atoms with van der Waals surface area (Å²) in [7, 11) is 0. The van der Waals surface area contributed by atoms with Gasteiger partial charge in [0.1, 0.15) is 17.8 Å². The van der Waals surface area contributed by atoms with Crippen molar-refractivity contribution < 1.29 is 28.6 Å². The molecule has 0 saturated carbocycles. The molecule has 182 valence electrons. The molecular weight excluding hydrogens is 428 g/mol. The number of hydrogen-bond acceptors (Lipinski definition) is 9. The molecule has 2 heterocycles. The second kappa shape index (κ2) is 9.44. The van der Waals surface area contributed by atoms with E-state index in [1.165, 1.54) is 13.8 Å². The second-order valence-electron chi connectivity index (χ2n) is 9.77. The summed E-state index contributed by atoms with van der Waals surface area (Å²) in [6, 6.07) is -0.513. The molecular formula is C23H34N4O6. The lowest BCUT2D eigenvalue weighted by Gasteiger charge is -2.44. The van der Waals surface area contributed by atoms with E-state index in [1.807, 2.05) is 6.92 Å². The third-order valence-corrected chi connectivity index (χ3v) is 5.68. The molecule has 10 nitrogen and oxygen atoms in total. The molecule has 4 unspecified atom stereocenters. The monoisotopic (exact) mass is 462 g/mol. The van der Waals surface area contributed by atoms with Crippen LogP contribution in [0.15, 0.2) is 6.20 Å². The zero-order chi connectivity index (χ0) is 24.5. The number of nitrogens with one attached hydrogen (secondary N) is 1. The van der Waals surface area contributed by atoms with Gasteiger partial charge in [-0.1, -0.05) is 6.92 Å². The number of carbonyl (C=O) groups is 3. The number of esters is 2. The summed E-state index contributed by atoms with van der Waals surface area (Å²) in [5.41, 5.74) is 8.66. The molecule has 1 aromatic rings. The van der Waals surface area contributed by atoms with Gasteiger partial charge in [0, 0.05) is 38.4 Å². The average molecular weight is 463 g/mol. The van der Waals surface area contributed by atoms with E-state index in [2.05, 4.69) is 15.2 Å². The van der Waals surface area contributed by atoms with Crippen LogP contribution < -0.4 is 16.0 Å². The van der Waals surface area contributed by atoms with Gasteiger partial charge in [-0.2, -0.15) is 0 Å². The molecule has 10 heteroatoms. The lowest BCUT2D eigenvalue weighted by molar-refractivity contribution is -0.151. The van der Waals surface area contributed by atoms with Crippen LogP contribution in [0.1, 0.15) is 65.3 Å². The second-order valence-corrected chi connectivity index (χ2v) is 9.77. The van der Waals surface area contributed by atoms with Crippen LogP contribution in [-0.4, -0.2) is 53.9 Å². The Morgan fingerprint density at radius 3 is 2.42 bits per heavy atom. The minimum Gasteiger partial charge on any atom is -0.460 e. The standard InChI is InChI=1S/C23H34N4O6/c1-12-10-27(11-17(21(12)32-14(3)29)26-22(30)33-23(4,5)6)20-15-7-8-18(31-13(2)28)19(15)25-9-16(20)24/h9,12,17-18,21H,7-8,10-11,24H2,1-6H3,(H,26,30). The van der Waals surface area contributed by atoms with Crippen LogP contribution >= 0.6 is 0 Å². The number of ether oxygens (including phenoxy) is 3. The Balaban J connectivity index is 1.90. The fourth-order valence-electron chi connectivity index (χ4n) is 4.62. The average Bonchev–Trinajstić information content (AvgIpc) is 3.04. The predicted molar refractivity (Wildman–Crippen MR) is 122 cm³/mol. The third kappa shape index (κ3) is 5.85. The number of amides is 1. The predicted octanol–water partition coefficient (Wildman–Crippen LogP) is 2.50. The minimum absolute atomic E-state index is 0.100. The van der Waals surface area contributed by atoms with Crippen molar-refractivity contribution in [3.05, 3.63) is 17.5 Å². The first-order valence-electron chi connectivity index (χ1n) is 11.2. The molecule has 0 bridgehead atoms. The third-order valence-electron chi connectivity index (χ3n) is 5.68. The van der Waals surface area contributed by atoms with E-state index in [0.29, 0.717) is 37.3 Å². The van der Waals surface area contributed by atoms with Gasteiger partial charge < -0.3 is 30.2 Å². The van der Waals surface area contributed by atoms with Gasteiger partial charge in [0.2, 0.25) is 0 Å². The van der Waals surface area contributed by atoms with E-state index in [4.69, 9.17) is 19.9 Å². The topological polar surface area (TPSA) is 133 Å². The molecule has 1 aromatic heterocycles. The molecule has 3 rings (SSSR count). The smallest absolute Gasteiger partial charge is 0.408 e. The van der Waals surface area contributed by atoms with Gasteiger partial charge in [-0.3, -0.25) is 14.6 Å². The van der Waals surface area contributed by atoms with Gasteiger partial charge in [0.25, 0.3) is 0 Å². The Kier molecular flexibility index (Phi) is 7.04. The highest BCUT2D eigenvalue weighted by molar-refractivity contribution is 5.74. The molecule has 1 fully saturated rings.